The number of rotatable bonds is 3. The van der Waals surface area contributed by atoms with Gasteiger partial charge in [0, 0.05) is 12.8 Å². The third-order valence-electron chi connectivity index (χ3n) is 2.77. The van der Waals surface area contributed by atoms with Crippen molar-refractivity contribution in [2.45, 2.75) is 25.4 Å². The number of aromatic nitrogens is 2. The van der Waals surface area contributed by atoms with Crippen molar-refractivity contribution in [2.24, 2.45) is 5.73 Å². The molecule has 0 aliphatic carbocycles. The summed E-state index contributed by atoms with van der Waals surface area (Å²) < 4.78 is 5.14. The van der Waals surface area contributed by atoms with E-state index in [9.17, 15) is 4.79 Å². The lowest BCUT2D eigenvalue weighted by Crippen LogP contribution is -2.54. The van der Waals surface area contributed by atoms with Gasteiger partial charge in [-0.2, -0.15) is 0 Å². The van der Waals surface area contributed by atoms with Crippen molar-refractivity contribution < 1.29 is 9.53 Å². The van der Waals surface area contributed by atoms with Gasteiger partial charge in [-0.3, -0.25) is 4.79 Å². The summed E-state index contributed by atoms with van der Waals surface area (Å²) in [6, 6.07) is 1.77. The Bertz CT molecular complexity index is 416. The second-order valence-electron chi connectivity index (χ2n) is 4.24. The molecule has 0 spiro atoms. The summed E-state index contributed by atoms with van der Waals surface area (Å²) in [5.41, 5.74) is 5.81. The Balaban J connectivity index is 1.92. The minimum Gasteiger partial charge on any atom is -0.379 e. The highest BCUT2D eigenvalue weighted by Crippen LogP contribution is 2.15. The Morgan fingerprint density at radius 2 is 2.53 bits per heavy atom. The van der Waals surface area contributed by atoms with E-state index in [1.807, 2.05) is 0 Å². The van der Waals surface area contributed by atoms with E-state index in [2.05, 4.69) is 15.3 Å². The minimum atomic E-state index is -0.887. The fourth-order valence-electron chi connectivity index (χ4n) is 1.71. The van der Waals surface area contributed by atoms with Crippen molar-refractivity contribution >= 4 is 5.91 Å². The van der Waals surface area contributed by atoms with Crippen molar-refractivity contribution in [1.29, 1.82) is 0 Å². The van der Waals surface area contributed by atoms with Crippen LogP contribution < -0.4 is 11.1 Å². The molecule has 2 heterocycles. The predicted octanol–water partition coefficient (Wildman–Crippen LogP) is -0.481. The van der Waals surface area contributed by atoms with Crippen LogP contribution in [0.25, 0.3) is 0 Å². The summed E-state index contributed by atoms with van der Waals surface area (Å²) in [6.45, 7) is 2.99. The van der Waals surface area contributed by atoms with Crippen molar-refractivity contribution in [3.05, 3.63) is 23.8 Å². The van der Waals surface area contributed by atoms with Crippen LogP contribution in [0.3, 0.4) is 0 Å². The van der Waals surface area contributed by atoms with Crippen LogP contribution in [0.2, 0.25) is 0 Å². The van der Waals surface area contributed by atoms with Crippen LogP contribution in [0.15, 0.2) is 12.3 Å². The maximum atomic E-state index is 11.9. The van der Waals surface area contributed by atoms with Gasteiger partial charge in [-0.1, -0.05) is 0 Å². The van der Waals surface area contributed by atoms with Crippen LogP contribution >= 0.6 is 0 Å². The van der Waals surface area contributed by atoms with Crippen LogP contribution in [0, 0.1) is 6.92 Å². The number of aryl methyl sites for hydroxylation is 1. The smallest absolute Gasteiger partial charge is 0.242 e. The molecule has 6 nitrogen and oxygen atoms in total. The lowest BCUT2D eigenvalue weighted by Gasteiger charge is -2.20. The molecule has 17 heavy (non-hydrogen) atoms. The first kappa shape index (κ1) is 11.9. The number of nitrogens with one attached hydrogen (secondary N) is 1. The Labute approximate surface area is 99.6 Å². The van der Waals surface area contributed by atoms with Gasteiger partial charge in [-0.25, -0.2) is 9.97 Å². The molecule has 1 amide bonds. The molecule has 3 N–H and O–H groups in total. The van der Waals surface area contributed by atoms with Crippen molar-refractivity contribution in [3.8, 4) is 0 Å². The molecule has 1 aliphatic rings. The Kier molecular flexibility index (Phi) is 3.35. The summed E-state index contributed by atoms with van der Waals surface area (Å²) >= 11 is 0. The van der Waals surface area contributed by atoms with Crippen LogP contribution in [0.5, 0.6) is 0 Å². The lowest BCUT2D eigenvalue weighted by molar-refractivity contribution is -0.126. The average molecular weight is 236 g/mol. The molecule has 1 saturated heterocycles. The van der Waals surface area contributed by atoms with Gasteiger partial charge in [-0.05, 0) is 19.4 Å². The zero-order chi connectivity index (χ0) is 12.3. The summed E-state index contributed by atoms with van der Waals surface area (Å²) in [7, 11) is 0. The average Bonchev–Trinajstić information content (AvgIpc) is 2.74. The van der Waals surface area contributed by atoms with Gasteiger partial charge in [0.1, 0.15) is 11.4 Å². The second-order valence-corrected chi connectivity index (χ2v) is 4.24. The number of nitrogens with two attached hydrogens (primary N) is 1. The highest BCUT2D eigenvalue weighted by Gasteiger charge is 2.37. The van der Waals surface area contributed by atoms with Crippen molar-refractivity contribution in [3.63, 3.8) is 0 Å². The van der Waals surface area contributed by atoms with Gasteiger partial charge in [-0.15, -0.1) is 0 Å². The molecule has 1 unspecified atom stereocenters. The highest BCUT2D eigenvalue weighted by molar-refractivity contribution is 5.86. The molecule has 1 aromatic rings. The van der Waals surface area contributed by atoms with Gasteiger partial charge in [0.15, 0.2) is 0 Å². The van der Waals surface area contributed by atoms with Gasteiger partial charge in [0.2, 0.25) is 5.91 Å². The maximum Gasteiger partial charge on any atom is 0.242 e. The molecule has 0 bridgehead atoms. The van der Waals surface area contributed by atoms with E-state index in [4.69, 9.17) is 10.5 Å². The number of hydrogen-bond acceptors (Lipinski definition) is 5. The normalized spacial score (nSPS) is 23.6. The molecule has 1 aromatic heterocycles. The number of hydrogen-bond donors (Lipinski definition) is 2. The summed E-state index contributed by atoms with van der Waals surface area (Å²) in [4.78, 5) is 20.1. The SMILES string of the molecule is Cc1nccc(CNC(=O)C2(N)CCOC2)n1. The first-order chi connectivity index (χ1) is 8.10. The quantitative estimate of drug-likeness (QED) is 0.739. The zero-order valence-corrected chi connectivity index (χ0v) is 9.77. The van der Waals surface area contributed by atoms with Gasteiger partial charge < -0.3 is 15.8 Å². The minimum absolute atomic E-state index is 0.189. The molecule has 2 rings (SSSR count). The Morgan fingerprint density at radius 1 is 1.71 bits per heavy atom. The molecule has 0 saturated carbocycles. The molecule has 92 valence electrons. The van der Waals surface area contributed by atoms with Crippen LogP contribution in [-0.4, -0.2) is 34.6 Å². The Morgan fingerprint density at radius 3 is 3.18 bits per heavy atom. The van der Waals surface area contributed by atoms with E-state index in [1.54, 1.807) is 19.2 Å². The third kappa shape index (κ3) is 2.78. The monoisotopic (exact) mass is 236 g/mol. The summed E-state index contributed by atoms with van der Waals surface area (Å²) in [5.74, 6) is 0.495. The number of carbonyl (C=O) groups is 1. The summed E-state index contributed by atoms with van der Waals surface area (Å²) in [6.07, 6.45) is 2.22. The molecule has 0 radical (unpaired) electrons. The molecule has 1 aliphatic heterocycles. The van der Waals surface area contributed by atoms with Gasteiger partial charge >= 0.3 is 0 Å². The number of ether oxygens (including phenoxy) is 1. The van der Waals surface area contributed by atoms with E-state index in [-0.39, 0.29) is 12.5 Å². The standard InChI is InChI=1S/C11H16N4O2/c1-8-13-4-2-9(15-8)6-14-10(16)11(12)3-5-17-7-11/h2,4H,3,5-7,12H2,1H3,(H,14,16). The number of amides is 1. The fourth-order valence-corrected chi connectivity index (χ4v) is 1.71. The maximum absolute atomic E-state index is 11.9. The topological polar surface area (TPSA) is 90.1 Å². The van der Waals surface area contributed by atoms with Gasteiger partial charge in [0.05, 0.1) is 18.8 Å². The lowest BCUT2D eigenvalue weighted by atomic mass is 9.99. The van der Waals surface area contributed by atoms with E-state index in [0.717, 1.165) is 5.69 Å². The van der Waals surface area contributed by atoms with E-state index < -0.39 is 5.54 Å². The zero-order valence-electron chi connectivity index (χ0n) is 9.77. The van der Waals surface area contributed by atoms with Crippen LogP contribution in [-0.2, 0) is 16.1 Å². The van der Waals surface area contributed by atoms with E-state index in [0.29, 0.717) is 25.4 Å². The molecular weight excluding hydrogens is 220 g/mol. The largest absolute Gasteiger partial charge is 0.379 e. The van der Waals surface area contributed by atoms with Crippen LogP contribution in [0.4, 0.5) is 0 Å². The number of carbonyl (C=O) groups excluding carboxylic acids is 1. The Hall–Kier alpha value is -1.53. The van der Waals surface area contributed by atoms with Gasteiger partial charge in [0.25, 0.3) is 0 Å². The third-order valence-corrected chi connectivity index (χ3v) is 2.77. The first-order valence-corrected chi connectivity index (χ1v) is 5.54. The molecule has 1 fully saturated rings. The molecule has 1 atom stereocenters. The molecule has 6 heteroatoms. The van der Waals surface area contributed by atoms with Crippen molar-refractivity contribution in [2.75, 3.05) is 13.2 Å². The van der Waals surface area contributed by atoms with Crippen molar-refractivity contribution in [1.82, 2.24) is 15.3 Å². The molecule has 0 aromatic carbocycles. The van der Waals surface area contributed by atoms with E-state index in [1.165, 1.54) is 0 Å². The molecular formula is C11H16N4O2. The predicted molar refractivity (Wildman–Crippen MR) is 61.0 cm³/mol. The second kappa shape index (κ2) is 4.77. The fraction of sp³-hybridized carbons (Fsp3) is 0.545. The van der Waals surface area contributed by atoms with Crippen LogP contribution in [0.1, 0.15) is 17.9 Å². The summed E-state index contributed by atoms with van der Waals surface area (Å²) in [5, 5.41) is 2.77. The highest BCUT2D eigenvalue weighted by atomic mass is 16.5. The van der Waals surface area contributed by atoms with E-state index >= 15 is 0 Å². The number of nitrogens with zero attached hydrogens (tertiary/aromatic N) is 2. The first-order valence-electron chi connectivity index (χ1n) is 5.54.